The molecule has 11 heteroatoms. The molecule has 0 fully saturated rings. The van der Waals surface area contributed by atoms with Crippen molar-refractivity contribution in [2.75, 3.05) is 10.6 Å². The van der Waals surface area contributed by atoms with Gasteiger partial charge in [-0.2, -0.15) is 5.10 Å². The van der Waals surface area contributed by atoms with Gasteiger partial charge in [0.25, 0.3) is 18.8 Å². The zero-order valence-electron chi connectivity index (χ0n) is 14.3. The average molecular weight is 395 g/mol. The summed E-state index contributed by atoms with van der Waals surface area (Å²) in [5.74, 6) is -0.997. The summed E-state index contributed by atoms with van der Waals surface area (Å²) in [5, 5.41) is 8.80. The van der Waals surface area contributed by atoms with Gasteiger partial charge in [-0.3, -0.25) is 9.59 Å². The number of benzene rings is 1. The highest BCUT2D eigenvalue weighted by Gasteiger charge is 2.22. The molecule has 0 aliphatic carbocycles. The lowest BCUT2D eigenvalue weighted by Crippen LogP contribution is -2.13. The zero-order chi connectivity index (χ0) is 20.4. The number of halogens is 4. The minimum absolute atomic E-state index is 0.257. The third-order valence-electron chi connectivity index (χ3n) is 3.62. The number of carbonyl (C=O) groups is 2. The van der Waals surface area contributed by atoms with E-state index in [0.29, 0.717) is 22.0 Å². The molecule has 0 saturated heterocycles. The molecule has 0 unspecified atom stereocenters. The summed E-state index contributed by atoms with van der Waals surface area (Å²) in [6, 6.07) is 7.71. The first-order valence-electron chi connectivity index (χ1n) is 7.90. The van der Waals surface area contributed by atoms with E-state index < -0.39 is 30.1 Å². The number of nitrogens with one attached hydrogen (secondary N) is 2. The Kier molecular flexibility index (Phi) is 5.25. The fourth-order valence-electron chi connectivity index (χ4n) is 2.43. The first kappa shape index (κ1) is 19.3. The number of amides is 2. The number of alkyl halides is 4. The van der Waals surface area contributed by atoms with Gasteiger partial charge < -0.3 is 10.6 Å². The maximum Gasteiger partial charge on any atom is 0.280 e. The maximum absolute atomic E-state index is 13.2. The van der Waals surface area contributed by atoms with Crippen molar-refractivity contribution in [3.05, 3.63) is 53.5 Å². The summed E-state index contributed by atoms with van der Waals surface area (Å²) < 4.78 is 52.7. The van der Waals surface area contributed by atoms with Crippen LogP contribution in [0.5, 0.6) is 0 Å². The summed E-state index contributed by atoms with van der Waals surface area (Å²) in [6.45, 7) is 1.35. The molecular formula is C17H13F4N5O2. The van der Waals surface area contributed by atoms with E-state index in [2.05, 4.69) is 20.7 Å². The molecule has 2 N–H and O–H groups in total. The Balaban J connectivity index is 1.87. The largest absolute Gasteiger partial charge is 0.326 e. The van der Waals surface area contributed by atoms with Crippen molar-refractivity contribution < 1.29 is 27.2 Å². The zero-order valence-corrected chi connectivity index (χ0v) is 14.3. The molecule has 0 atom stereocenters. The number of hydrogen-bond acceptors (Lipinski definition) is 4. The van der Waals surface area contributed by atoms with Crippen LogP contribution in [-0.2, 0) is 4.79 Å². The Bertz CT molecular complexity index is 1030. The van der Waals surface area contributed by atoms with Crippen LogP contribution in [0.25, 0.3) is 5.65 Å². The number of rotatable bonds is 5. The van der Waals surface area contributed by atoms with Gasteiger partial charge in [-0.25, -0.2) is 27.1 Å². The van der Waals surface area contributed by atoms with E-state index in [-0.39, 0.29) is 17.2 Å². The lowest BCUT2D eigenvalue weighted by atomic mass is 10.2. The molecule has 0 bridgehead atoms. The Hall–Kier alpha value is -3.50. The van der Waals surface area contributed by atoms with E-state index in [1.807, 2.05) is 0 Å². The molecule has 2 aromatic heterocycles. The Morgan fingerprint density at radius 1 is 0.964 bits per heavy atom. The second-order valence-corrected chi connectivity index (χ2v) is 5.72. The standard InChI is InChI=1S/C17H13F4N5O2/c1-8(27)22-9-2-4-10(5-3-9)23-17(28)12-7-14-24-11(15(18)19)6-13(16(20)21)26(14)25-12/h2-7,15-16H,1H3,(H,22,27)(H,23,28). The van der Waals surface area contributed by atoms with Crippen LogP contribution < -0.4 is 10.6 Å². The first-order valence-corrected chi connectivity index (χ1v) is 7.90. The monoisotopic (exact) mass is 395 g/mol. The fraction of sp³-hybridized carbons (Fsp3) is 0.176. The van der Waals surface area contributed by atoms with E-state index in [1.165, 1.54) is 19.1 Å². The fourth-order valence-corrected chi connectivity index (χ4v) is 2.43. The molecular weight excluding hydrogens is 382 g/mol. The van der Waals surface area contributed by atoms with Crippen molar-refractivity contribution in [3.63, 3.8) is 0 Å². The van der Waals surface area contributed by atoms with Crippen molar-refractivity contribution in [2.45, 2.75) is 19.8 Å². The summed E-state index contributed by atoms with van der Waals surface area (Å²) >= 11 is 0. The van der Waals surface area contributed by atoms with Crippen LogP contribution in [0.4, 0.5) is 28.9 Å². The molecule has 2 heterocycles. The van der Waals surface area contributed by atoms with Gasteiger partial charge in [-0.1, -0.05) is 0 Å². The van der Waals surface area contributed by atoms with Gasteiger partial charge in [0.15, 0.2) is 11.3 Å². The van der Waals surface area contributed by atoms with Gasteiger partial charge in [-0.15, -0.1) is 0 Å². The van der Waals surface area contributed by atoms with Crippen molar-refractivity contribution in [2.24, 2.45) is 0 Å². The van der Waals surface area contributed by atoms with Crippen LogP contribution in [-0.4, -0.2) is 26.4 Å². The molecule has 0 saturated carbocycles. The summed E-state index contributed by atoms with van der Waals surface area (Å²) in [4.78, 5) is 26.9. The predicted molar refractivity (Wildman–Crippen MR) is 91.6 cm³/mol. The van der Waals surface area contributed by atoms with Crippen molar-refractivity contribution in [3.8, 4) is 0 Å². The summed E-state index contributed by atoms with van der Waals surface area (Å²) in [7, 11) is 0. The van der Waals surface area contributed by atoms with E-state index in [0.717, 1.165) is 6.07 Å². The molecule has 146 valence electrons. The normalized spacial score (nSPS) is 11.2. The predicted octanol–water partition coefficient (Wildman–Crippen LogP) is 3.82. The minimum atomic E-state index is -3.08. The van der Waals surface area contributed by atoms with Gasteiger partial charge in [0, 0.05) is 24.4 Å². The van der Waals surface area contributed by atoms with Gasteiger partial charge in [0.2, 0.25) is 5.91 Å². The lowest BCUT2D eigenvalue weighted by molar-refractivity contribution is -0.114. The Labute approximate surface area is 155 Å². The van der Waals surface area contributed by atoms with Gasteiger partial charge in [0.1, 0.15) is 11.4 Å². The molecule has 7 nitrogen and oxygen atoms in total. The van der Waals surface area contributed by atoms with Crippen LogP contribution in [0, 0.1) is 0 Å². The van der Waals surface area contributed by atoms with E-state index in [1.54, 1.807) is 12.1 Å². The Morgan fingerprint density at radius 3 is 2.11 bits per heavy atom. The third-order valence-corrected chi connectivity index (χ3v) is 3.62. The highest BCUT2D eigenvalue weighted by molar-refractivity contribution is 6.03. The molecule has 1 aromatic carbocycles. The van der Waals surface area contributed by atoms with Crippen LogP contribution in [0.1, 0.15) is 41.7 Å². The number of fused-ring (bicyclic) bond motifs is 1. The van der Waals surface area contributed by atoms with Crippen molar-refractivity contribution in [1.82, 2.24) is 14.6 Å². The SMILES string of the molecule is CC(=O)Nc1ccc(NC(=O)c2cc3nc(C(F)F)cc(C(F)F)n3n2)cc1. The van der Waals surface area contributed by atoms with Crippen molar-refractivity contribution >= 4 is 28.8 Å². The molecule has 3 rings (SSSR count). The molecule has 0 aliphatic heterocycles. The molecule has 0 aliphatic rings. The van der Waals surface area contributed by atoms with E-state index in [9.17, 15) is 27.2 Å². The second-order valence-electron chi connectivity index (χ2n) is 5.72. The van der Waals surface area contributed by atoms with E-state index in [4.69, 9.17) is 0 Å². The molecule has 0 radical (unpaired) electrons. The van der Waals surface area contributed by atoms with Crippen LogP contribution in [0.2, 0.25) is 0 Å². The van der Waals surface area contributed by atoms with Gasteiger partial charge in [0.05, 0.1) is 0 Å². The molecule has 28 heavy (non-hydrogen) atoms. The summed E-state index contributed by atoms with van der Waals surface area (Å²) in [6.07, 6.45) is -6.13. The highest BCUT2D eigenvalue weighted by atomic mass is 19.3. The average Bonchev–Trinajstić information content (AvgIpc) is 3.06. The quantitative estimate of drug-likeness (QED) is 0.643. The van der Waals surface area contributed by atoms with Crippen LogP contribution in [0.15, 0.2) is 36.4 Å². The van der Waals surface area contributed by atoms with Gasteiger partial charge in [-0.05, 0) is 30.3 Å². The number of aromatic nitrogens is 3. The lowest BCUT2D eigenvalue weighted by Gasteiger charge is -2.06. The number of carbonyl (C=O) groups excluding carboxylic acids is 2. The number of hydrogen-bond donors (Lipinski definition) is 2. The molecule has 3 aromatic rings. The molecule has 0 spiro atoms. The highest BCUT2D eigenvalue weighted by Crippen LogP contribution is 2.25. The maximum atomic E-state index is 13.2. The smallest absolute Gasteiger partial charge is 0.280 e. The number of nitrogens with zero attached hydrogens (tertiary/aromatic N) is 3. The summed E-state index contributed by atoms with van der Waals surface area (Å²) in [5.41, 5.74) is -1.32. The Morgan fingerprint density at radius 2 is 1.57 bits per heavy atom. The van der Waals surface area contributed by atoms with Crippen LogP contribution >= 0.6 is 0 Å². The van der Waals surface area contributed by atoms with Crippen LogP contribution in [0.3, 0.4) is 0 Å². The first-order chi connectivity index (χ1) is 13.2. The van der Waals surface area contributed by atoms with Gasteiger partial charge >= 0.3 is 0 Å². The third kappa shape index (κ3) is 4.08. The second kappa shape index (κ2) is 7.62. The van der Waals surface area contributed by atoms with E-state index >= 15 is 0 Å². The minimum Gasteiger partial charge on any atom is -0.326 e. The van der Waals surface area contributed by atoms with Crippen molar-refractivity contribution in [1.29, 1.82) is 0 Å². The topological polar surface area (TPSA) is 88.4 Å². The number of anilines is 2. The molecule has 2 amide bonds.